The van der Waals surface area contributed by atoms with E-state index in [2.05, 4.69) is 4.98 Å². The van der Waals surface area contributed by atoms with E-state index >= 15 is 0 Å². The number of fused-ring (bicyclic) bond motifs is 1. The van der Waals surface area contributed by atoms with Crippen molar-refractivity contribution in [2.75, 3.05) is 12.3 Å². The summed E-state index contributed by atoms with van der Waals surface area (Å²) in [6.07, 6.45) is 1.45. The number of nitrogens with two attached hydrogens (primary N) is 1. The molecule has 0 bridgehead atoms. The number of pyridine rings is 1. The Morgan fingerprint density at radius 3 is 3.20 bits per heavy atom. The molecule has 0 aromatic carbocycles. The van der Waals surface area contributed by atoms with Crippen LogP contribution < -0.4 is 5.73 Å². The van der Waals surface area contributed by atoms with Gasteiger partial charge in [0.25, 0.3) is 0 Å². The number of hydrogen-bond acceptors (Lipinski definition) is 5. The van der Waals surface area contributed by atoms with Gasteiger partial charge in [-0.15, -0.1) is 11.8 Å². The molecule has 0 radical (unpaired) electrons. The van der Waals surface area contributed by atoms with Gasteiger partial charge in [-0.2, -0.15) is 0 Å². The van der Waals surface area contributed by atoms with Gasteiger partial charge < -0.3 is 16.0 Å². The minimum Gasteiger partial charge on any atom is -0.785 e. The molecule has 5 nitrogen and oxygen atoms in total. The van der Waals surface area contributed by atoms with E-state index in [1.165, 1.54) is 18.0 Å². The number of hydrogen-bond donors (Lipinski definition) is 1. The molecule has 2 N–H and O–H groups in total. The Balaban J connectivity index is 2.37. The summed E-state index contributed by atoms with van der Waals surface area (Å²) in [4.78, 5) is 15.1. The highest BCUT2D eigenvalue weighted by Crippen LogP contribution is 2.25. The zero-order valence-electron chi connectivity index (χ0n) is 7.97. The van der Waals surface area contributed by atoms with Crippen LogP contribution in [0, 0.1) is 5.21 Å². The number of aromatic nitrogens is 1. The van der Waals surface area contributed by atoms with Gasteiger partial charge in [0.2, 0.25) is 5.91 Å². The van der Waals surface area contributed by atoms with E-state index < -0.39 is 5.91 Å². The van der Waals surface area contributed by atoms with Crippen molar-refractivity contribution in [3.63, 3.8) is 0 Å². The average Bonchev–Trinajstić information content (AvgIpc) is 2.37. The van der Waals surface area contributed by atoms with Gasteiger partial charge in [-0.05, 0) is 18.2 Å². The normalized spacial score (nSPS) is 16.9. The fourth-order valence-corrected chi connectivity index (χ4v) is 2.31. The van der Waals surface area contributed by atoms with Crippen molar-refractivity contribution in [1.82, 2.24) is 10.0 Å². The summed E-state index contributed by atoms with van der Waals surface area (Å²) in [5.74, 6) is 0.205. The standard InChI is InChI=1S/C9H10N3O2S/c10-8(13)6-3-7-5-12(14)1-2-15-9(7)11-4-6/h3-4H,1-2,5H2,(H2,10,13)/q-1. The molecule has 0 spiro atoms. The first-order chi connectivity index (χ1) is 7.16. The second-order valence-electron chi connectivity index (χ2n) is 3.26. The molecule has 15 heavy (non-hydrogen) atoms. The minimum atomic E-state index is -0.517. The lowest BCUT2D eigenvalue weighted by Gasteiger charge is -2.25. The predicted octanol–water partition coefficient (Wildman–Crippen LogP) is 0.586. The van der Waals surface area contributed by atoms with Crippen LogP contribution in [0.4, 0.5) is 0 Å². The highest BCUT2D eigenvalue weighted by atomic mass is 32.2. The number of primary amides is 1. The largest absolute Gasteiger partial charge is 0.785 e. The molecule has 2 rings (SSSR count). The molecule has 0 unspecified atom stereocenters. The van der Waals surface area contributed by atoms with E-state index in [0.717, 1.165) is 21.4 Å². The van der Waals surface area contributed by atoms with Gasteiger partial charge in [0.1, 0.15) is 5.03 Å². The Hall–Kier alpha value is -1.11. The lowest BCUT2D eigenvalue weighted by Crippen LogP contribution is -2.17. The summed E-state index contributed by atoms with van der Waals surface area (Å²) in [5.41, 5.74) is 6.28. The fraction of sp³-hybridized carbons (Fsp3) is 0.333. The molecule has 1 aliphatic heterocycles. The van der Waals surface area contributed by atoms with Crippen LogP contribution in [0.5, 0.6) is 0 Å². The van der Waals surface area contributed by atoms with Gasteiger partial charge in [0, 0.05) is 18.5 Å². The van der Waals surface area contributed by atoms with Crippen molar-refractivity contribution in [3.8, 4) is 0 Å². The molecule has 1 aromatic rings. The summed E-state index contributed by atoms with van der Waals surface area (Å²) in [5, 5.41) is 13.1. The van der Waals surface area contributed by atoms with Gasteiger partial charge in [0.05, 0.1) is 5.56 Å². The SMILES string of the molecule is NC(=O)c1cnc2c(c1)CN([O-])CCS2. The van der Waals surface area contributed by atoms with Gasteiger partial charge in [-0.25, -0.2) is 4.98 Å². The third-order valence-electron chi connectivity index (χ3n) is 2.14. The molecular formula is C9H10N3O2S-. The highest BCUT2D eigenvalue weighted by molar-refractivity contribution is 7.99. The Morgan fingerprint density at radius 2 is 2.47 bits per heavy atom. The molecular weight excluding hydrogens is 214 g/mol. The Morgan fingerprint density at radius 1 is 1.67 bits per heavy atom. The molecule has 1 aromatic heterocycles. The van der Waals surface area contributed by atoms with E-state index in [0.29, 0.717) is 12.1 Å². The molecule has 0 fully saturated rings. The monoisotopic (exact) mass is 224 g/mol. The van der Waals surface area contributed by atoms with E-state index in [1.807, 2.05) is 0 Å². The first-order valence-electron chi connectivity index (χ1n) is 4.50. The van der Waals surface area contributed by atoms with Crippen molar-refractivity contribution in [3.05, 3.63) is 28.6 Å². The second kappa shape index (κ2) is 4.18. The van der Waals surface area contributed by atoms with E-state index in [4.69, 9.17) is 5.73 Å². The van der Waals surface area contributed by atoms with Crippen LogP contribution >= 0.6 is 11.8 Å². The van der Waals surface area contributed by atoms with Crippen LogP contribution in [0.2, 0.25) is 0 Å². The van der Waals surface area contributed by atoms with Crippen molar-refractivity contribution >= 4 is 17.7 Å². The van der Waals surface area contributed by atoms with E-state index in [-0.39, 0.29) is 6.54 Å². The Bertz CT molecular complexity index is 397. The first-order valence-corrected chi connectivity index (χ1v) is 5.49. The number of thioether (sulfide) groups is 1. The van der Waals surface area contributed by atoms with Crippen LogP contribution in [0.1, 0.15) is 15.9 Å². The van der Waals surface area contributed by atoms with Gasteiger partial charge >= 0.3 is 0 Å². The molecule has 0 saturated heterocycles. The average molecular weight is 224 g/mol. The van der Waals surface area contributed by atoms with Crippen LogP contribution in [0.15, 0.2) is 17.3 Å². The maximum atomic E-state index is 11.3. The number of carbonyl (C=O) groups is 1. The molecule has 2 heterocycles. The topological polar surface area (TPSA) is 82.3 Å². The smallest absolute Gasteiger partial charge is 0.250 e. The zero-order chi connectivity index (χ0) is 10.8. The predicted molar refractivity (Wildman–Crippen MR) is 57.3 cm³/mol. The molecule has 0 aliphatic carbocycles. The second-order valence-corrected chi connectivity index (χ2v) is 4.35. The lowest BCUT2D eigenvalue weighted by atomic mass is 10.2. The molecule has 1 amide bonds. The van der Waals surface area contributed by atoms with E-state index in [1.54, 1.807) is 6.07 Å². The molecule has 0 atom stereocenters. The number of amides is 1. The lowest BCUT2D eigenvalue weighted by molar-refractivity contribution is 0.0999. The maximum Gasteiger partial charge on any atom is 0.250 e. The highest BCUT2D eigenvalue weighted by Gasteiger charge is 2.12. The number of carbonyl (C=O) groups excluding carboxylic acids is 1. The fourth-order valence-electron chi connectivity index (χ4n) is 1.39. The summed E-state index contributed by atoms with van der Waals surface area (Å²) < 4.78 is 0. The van der Waals surface area contributed by atoms with Crippen molar-refractivity contribution in [2.45, 2.75) is 11.6 Å². The number of hydroxylamine groups is 2. The van der Waals surface area contributed by atoms with Crippen LogP contribution in [-0.4, -0.2) is 28.3 Å². The summed E-state index contributed by atoms with van der Waals surface area (Å²) in [6, 6.07) is 1.65. The zero-order valence-corrected chi connectivity index (χ0v) is 8.79. The van der Waals surface area contributed by atoms with Crippen LogP contribution in [-0.2, 0) is 6.54 Å². The van der Waals surface area contributed by atoms with E-state index in [9.17, 15) is 10.0 Å². The molecule has 0 saturated carbocycles. The van der Waals surface area contributed by atoms with Gasteiger partial charge in [-0.1, -0.05) is 0 Å². The molecule has 1 aliphatic rings. The van der Waals surface area contributed by atoms with Crippen molar-refractivity contribution in [2.24, 2.45) is 5.73 Å². The number of nitrogens with zero attached hydrogens (tertiary/aromatic N) is 2. The van der Waals surface area contributed by atoms with Crippen LogP contribution in [0.3, 0.4) is 0 Å². The van der Waals surface area contributed by atoms with Gasteiger partial charge in [-0.3, -0.25) is 4.79 Å². The summed E-state index contributed by atoms with van der Waals surface area (Å²) >= 11 is 1.53. The van der Waals surface area contributed by atoms with Crippen molar-refractivity contribution in [1.29, 1.82) is 0 Å². The summed E-state index contributed by atoms with van der Waals surface area (Å²) in [7, 11) is 0. The first kappa shape index (κ1) is 10.4. The van der Waals surface area contributed by atoms with Crippen molar-refractivity contribution < 1.29 is 4.79 Å². The molecule has 80 valence electrons. The minimum absolute atomic E-state index is 0.274. The van der Waals surface area contributed by atoms with Gasteiger partial charge in [0.15, 0.2) is 0 Å². The number of rotatable bonds is 1. The molecule has 6 heteroatoms. The Labute approximate surface area is 91.2 Å². The summed E-state index contributed by atoms with van der Waals surface area (Å²) in [6.45, 7) is 0.753. The van der Waals surface area contributed by atoms with Crippen LogP contribution in [0.25, 0.3) is 0 Å². The third kappa shape index (κ3) is 2.28. The third-order valence-corrected chi connectivity index (χ3v) is 3.16. The maximum absolute atomic E-state index is 11.3. The quantitative estimate of drug-likeness (QED) is 0.754. The Kier molecular flexibility index (Phi) is 2.90.